The zero-order valence-corrected chi connectivity index (χ0v) is 30.0. The fourth-order valence-electron chi connectivity index (χ4n) is 6.66. The maximum absolute atomic E-state index is 11.0. The Morgan fingerprint density at radius 1 is 0.648 bits per heavy atom. The quantitative estimate of drug-likeness (QED) is 0.0804. The van der Waals surface area contributed by atoms with Crippen LogP contribution >= 0.6 is 0 Å². The molecule has 0 atom stereocenters. The van der Waals surface area contributed by atoms with E-state index in [9.17, 15) is 9.59 Å². The smallest absolute Gasteiger partial charge is 0.303 e. The average molecular weight is 729 g/mol. The first-order chi connectivity index (χ1) is 26.3. The maximum Gasteiger partial charge on any atom is 0.303 e. The lowest BCUT2D eigenvalue weighted by atomic mass is 10.0. The maximum atomic E-state index is 11.0. The van der Waals surface area contributed by atoms with Crippen LogP contribution in [0.3, 0.4) is 0 Å². The molecular formula is C42H40N4O8. The minimum Gasteiger partial charge on any atom is -0.493 e. The van der Waals surface area contributed by atoms with Gasteiger partial charge in [0.15, 0.2) is 23.0 Å². The summed E-state index contributed by atoms with van der Waals surface area (Å²) >= 11 is 0. The van der Waals surface area contributed by atoms with Crippen molar-refractivity contribution in [3.63, 3.8) is 0 Å². The first-order valence-electron chi connectivity index (χ1n) is 17.7. The van der Waals surface area contributed by atoms with Gasteiger partial charge in [0.1, 0.15) is 0 Å². The highest BCUT2D eigenvalue weighted by Gasteiger charge is 2.18. The van der Waals surface area contributed by atoms with E-state index < -0.39 is 11.9 Å². The van der Waals surface area contributed by atoms with Crippen LogP contribution in [0.2, 0.25) is 0 Å². The van der Waals surface area contributed by atoms with Gasteiger partial charge in [-0.2, -0.15) is 0 Å². The highest BCUT2D eigenvalue weighted by molar-refractivity contribution is 5.92. The van der Waals surface area contributed by atoms with Crippen molar-refractivity contribution in [1.82, 2.24) is 19.9 Å². The molecule has 0 amide bonds. The van der Waals surface area contributed by atoms with Crippen molar-refractivity contribution in [2.24, 2.45) is 0 Å². The van der Waals surface area contributed by atoms with Crippen LogP contribution in [0.25, 0.3) is 56.5 Å². The highest BCUT2D eigenvalue weighted by Crippen LogP contribution is 2.38. The molecule has 0 spiro atoms. The zero-order valence-electron chi connectivity index (χ0n) is 30.0. The third kappa shape index (κ3) is 8.07. The predicted molar refractivity (Wildman–Crippen MR) is 206 cm³/mol. The Labute approximate surface area is 311 Å². The molecule has 0 unspecified atom stereocenters. The van der Waals surface area contributed by atoms with Crippen molar-refractivity contribution in [3.8, 4) is 45.3 Å². The molecule has 0 saturated carbocycles. The number of hydrogen-bond acceptors (Lipinski definition) is 8. The van der Waals surface area contributed by atoms with Gasteiger partial charge in [-0.3, -0.25) is 14.6 Å². The fourth-order valence-corrected chi connectivity index (χ4v) is 6.66. The van der Waals surface area contributed by atoms with E-state index >= 15 is 0 Å². The van der Waals surface area contributed by atoms with Gasteiger partial charge in [0.2, 0.25) is 0 Å². The first-order valence-corrected chi connectivity index (χ1v) is 17.7. The standard InChI is InChI=1S/C42H40N4O8/c1-51-35-17-7-25(21-37(35)53-19-3-5-39(47)48)41-31-13-9-27(43-31)23-29-11-15-33(45-29)42(34-16-12-30(46-34)24-28-10-14-32(41)44-28)26-8-18-36(52-2)38(22-26)54-20-4-6-40(49)50/h7-11,13-15,17-18,21-24,44-45H,3-6,12,16,19-20H2,1-2H3,(H,47,48)(H,49,50). The number of carbonyl (C=O) groups is 2. The summed E-state index contributed by atoms with van der Waals surface area (Å²) in [7, 11) is 3.15. The highest BCUT2D eigenvalue weighted by atomic mass is 16.5. The number of ether oxygens (including phenoxy) is 4. The number of carboxylic acids is 2. The minimum atomic E-state index is -0.869. The Morgan fingerprint density at radius 2 is 1.22 bits per heavy atom. The summed E-state index contributed by atoms with van der Waals surface area (Å²) < 4.78 is 23.2. The zero-order chi connectivity index (χ0) is 37.6. The van der Waals surface area contributed by atoms with E-state index in [1.54, 1.807) is 14.2 Å². The number of nitrogens with one attached hydrogen (secondary N) is 2. The molecule has 0 radical (unpaired) electrons. The van der Waals surface area contributed by atoms with Crippen molar-refractivity contribution >= 4 is 46.2 Å². The fraction of sp³-hybridized carbons (Fsp3) is 0.238. The topological polar surface area (TPSA) is 169 Å². The molecule has 12 heteroatoms. The number of aryl methyl sites for hydroxylation is 2. The number of rotatable bonds is 14. The molecule has 5 heterocycles. The molecular weight excluding hydrogens is 688 g/mol. The van der Waals surface area contributed by atoms with Crippen molar-refractivity contribution in [2.75, 3.05) is 27.4 Å². The van der Waals surface area contributed by atoms with Crippen LogP contribution in [-0.4, -0.2) is 69.5 Å². The molecule has 276 valence electrons. The van der Waals surface area contributed by atoms with Crippen LogP contribution < -0.4 is 18.9 Å². The Kier molecular flexibility index (Phi) is 10.6. The predicted octanol–water partition coefficient (Wildman–Crippen LogP) is 8.11. The number of aliphatic carboxylic acids is 2. The number of aromatic nitrogens is 4. The van der Waals surface area contributed by atoms with Crippen molar-refractivity contribution < 1.29 is 38.7 Å². The van der Waals surface area contributed by atoms with E-state index in [0.29, 0.717) is 35.8 Å². The van der Waals surface area contributed by atoms with Crippen LogP contribution in [0, 0.1) is 0 Å². The normalized spacial score (nSPS) is 12.0. The Morgan fingerprint density at radius 3 is 1.81 bits per heavy atom. The van der Waals surface area contributed by atoms with Gasteiger partial charge in [-0.05, 0) is 110 Å². The molecule has 7 rings (SSSR count). The van der Waals surface area contributed by atoms with Crippen LogP contribution in [-0.2, 0) is 22.4 Å². The van der Waals surface area contributed by atoms with Gasteiger partial charge < -0.3 is 39.1 Å². The monoisotopic (exact) mass is 728 g/mol. The van der Waals surface area contributed by atoms with Gasteiger partial charge >= 0.3 is 11.9 Å². The first kappa shape index (κ1) is 35.8. The van der Waals surface area contributed by atoms with E-state index in [1.165, 1.54) is 0 Å². The molecule has 8 bridgehead atoms. The van der Waals surface area contributed by atoms with Gasteiger partial charge in [0, 0.05) is 51.7 Å². The van der Waals surface area contributed by atoms with Crippen LogP contribution in [0.1, 0.15) is 48.5 Å². The Bertz CT molecular complexity index is 2410. The molecule has 2 aromatic carbocycles. The second-order valence-electron chi connectivity index (χ2n) is 12.9. The van der Waals surface area contributed by atoms with Crippen LogP contribution in [0.15, 0.2) is 72.8 Å². The van der Waals surface area contributed by atoms with E-state index in [2.05, 4.69) is 16.0 Å². The number of benzene rings is 2. The molecule has 0 aliphatic carbocycles. The van der Waals surface area contributed by atoms with E-state index in [4.69, 9.17) is 39.1 Å². The summed E-state index contributed by atoms with van der Waals surface area (Å²) in [4.78, 5) is 39.4. The summed E-state index contributed by atoms with van der Waals surface area (Å²) in [5, 5.41) is 18.1. The third-order valence-electron chi connectivity index (χ3n) is 9.17. The summed E-state index contributed by atoms with van der Waals surface area (Å²) in [6.07, 6.45) is 6.20. The second kappa shape index (κ2) is 16.0. The number of carboxylic acid groups (broad SMARTS) is 2. The van der Waals surface area contributed by atoms with Gasteiger partial charge in [-0.15, -0.1) is 0 Å². The van der Waals surface area contributed by atoms with Gasteiger partial charge in [0.05, 0.1) is 44.5 Å². The molecule has 54 heavy (non-hydrogen) atoms. The van der Waals surface area contributed by atoms with Gasteiger partial charge in [0.25, 0.3) is 0 Å². The van der Waals surface area contributed by atoms with Crippen LogP contribution in [0.5, 0.6) is 23.0 Å². The number of hydrogen-bond donors (Lipinski definition) is 4. The molecule has 2 aliphatic heterocycles. The molecule has 4 N–H and O–H groups in total. The number of methoxy groups -OCH3 is 2. The molecule has 12 nitrogen and oxygen atoms in total. The SMILES string of the molecule is COc1ccc(-c2c3nc(cc4ccc([nH]4)c(-c4ccc(OC)c(OCCCC(=O)O)c4)c4nc(cc5ccc2[nH]5)CC4)C=C3)cc1OCCCC(=O)O. The lowest BCUT2D eigenvalue weighted by Gasteiger charge is -2.13. The van der Waals surface area contributed by atoms with E-state index in [1.807, 2.05) is 78.9 Å². The number of H-pyrrole nitrogens is 2. The van der Waals surface area contributed by atoms with Gasteiger partial charge in [-0.1, -0.05) is 12.1 Å². The third-order valence-corrected chi connectivity index (χ3v) is 9.17. The van der Waals surface area contributed by atoms with Crippen molar-refractivity contribution in [2.45, 2.75) is 38.5 Å². The van der Waals surface area contributed by atoms with Crippen molar-refractivity contribution in [3.05, 3.63) is 95.6 Å². The summed E-state index contributed by atoms with van der Waals surface area (Å²) in [5.74, 6) is 0.414. The van der Waals surface area contributed by atoms with E-state index in [0.717, 1.165) is 79.9 Å². The number of nitrogens with zero attached hydrogens (tertiary/aromatic N) is 2. The number of fused-ring (bicyclic) bond motifs is 8. The molecule has 0 fully saturated rings. The number of aromatic amines is 2. The average Bonchev–Trinajstić information content (AvgIpc) is 3.99. The molecule has 0 saturated heterocycles. The minimum absolute atomic E-state index is 0.0129. The summed E-state index contributed by atoms with van der Waals surface area (Å²) in [5.41, 5.74) is 10.4. The van der Waals surface area contributed by atoms with Crippen molar-refractivity contribution in [1.29, 1.82) is 0 Å². The molecule has 2 aliphatic rings. The summed E-state index contributed by atoms with van der Waals surface area (Å²) in [6.45, 7) is 0.474. The molecule has 5 aromatic rings. The Balaban J connectivity index is 1.36. The van der Waals surface area contributed by atoms with Gasteiger partial charge in [-0.25, -0.2) is 4.98 Å². The summed E-state index contributed by atoms with van der Waals surface area (Å²) in [6, 6.07) is 23.6. The molecule has 3 aromatic heterocycles. The largest absolute Gasteiger partial charge is 0.493 e. The lowest BCUT2D eigenvalue weighted by Crippen LogP contribution is -2.03. The lowest BCUT2D eigenvalue weighted by molar-refractivity contribution is -0.138. The van der Waals surface area contributed by atoms with E-state index in [-0.39, 0.29) is 26.1 Å². The second-order valence-corrected chi connectivity index (χ2v) is 12.9. The van der Waals surface area contributed by atoms with Crippen LogP contribution in [0.4, 0.5) is 0 Å². The Hall–Kier alpha value is -6.56.